The molecule has 3 heterocycles. The largest absolute Gasteiger partial charge is 0.335 e. The van der Waals surface area contributed by atoms with Gasteiger partial charge in [0.25, 0.3) is 0 Å². The molecule has 2 aromatic rings. The summed E-state index contributed by atoms with van der Waals surface area (Å²) >= 11 is 1.40. The van der Waals surface area contributed by atoms with E-state index in [2.05, 4.69) is 20.6 Å². The number of piperidine rings is 1. The predicted molar refractivity (Wildman–Crippen MR) is 99.8 cm³/mol. The number of nitrogens with zero attached hydrogens (tertiary/aromatic N) is 3. The van der Waals surface area contributed by atoms with E-state index in [1.165, 1.54) is 11.3 Å². The summed E-state index contributed by atoms with van der Waals surface area (Å²) in [6.07, 6.45) is 7.22. The van der Waals surface area contributed by atoms with Gasteiger partial charge in [0.05, 0.1) is 11.6 Å². The van der Waals surface area contributed by atoms with Crippen molar-refractivity contribution in [3.63, 3.8) is 0 Å². The zero-order chi connectivity index (χ0) is 17.9. The summed E-state index contributed by atoms with van der Waals surface area (Å²) < 4.78 is 0. The van der Waals surface area contributed by atoms with E-state index >= 15 is 0 Å². The zero-order valence-electron chi connectivity index (χ0n) is 14.4. The lowest BCUT2D eigenvalue weighted by Crippen LogP contribution is -2.48. The fourth-order valence-corrected chi connectivity index (χ4v) is 3.78. The van der Waals surface area contributed by atoms with Gasteiger partial charge in [-0.25, -0.2) is 9.78 Å². The Morgan fingerprint density at radius 3 is 2.92 bits per heavy atom. The number of carbonyl (C=O) groups is 2. The molecule has 26 heavy (non-hydrogen) atoms. The minimum Gasteiger partial charge on any atom is -0.335 e. The summed E-state index contributed by atoms with van der Waals surface area (Å²) in [7, 11) is 0. The van der Waals surface area contributed by atoms with E-state index in [-0.39, 0.29) is 17.9 Å². The maximum absolute atomic E-state index is 12.6. The van der Waals surface area contributed by atoms with Crippen molar-refractivity contribution in [2.24, 2.45) is 5.92 Å². The van der Waals surface area contributed by atoms with Gasteiger partial charge >= 0.3 is 6.03 Å². The summed E-state index contributed by atoms with van der Waals surface area (Å²) in [5.74, 6) is -0.263. The van der Waals surface area contributed by atoms with E-state index in [1.807, 2.05) is 17.5 Å². The van der Waals surface area contributed by atoms with E-state index in [0.29, 0.717) is 24.3 Å². The van der Waals surface area contributed by atoms with E-state index in [0.717, 1.165) is 36.9 Å². The minimum atomic E-state index is -0.195. The Morgan fingerprint density at radius 2 is 2.15 bits per heavy atom. The van der Waals surface area contributed by atoms with Gasteiger partial charge in [-0.3, -0.25) is 9.78 Å². The maximum Gasteiger partial charge on any atom is 0.317 e. The first-order valence-corrected chi connectivity index (χ1v) is 9.79. The molecule has 0 spiro atoms. The standard InChI is InChI=1S/C18H21N5O2S/c24-16(13-4-2-8-23(10-13)18(25)20-14-5-6-14)22-17-21-15(11-26-17)12-3-1-7-19-9-12/h1,3,7,9,11,13-14H,2,4-6,8,10H2,(H,20,25)(H,21,22,24). The molecule has 1 saturated carbocycles. The molecule has 1 aliphatic carbocycles. The molecule has 1 saturated heterocycles. The zero-order valence-corrected chi connectivity index (χ0v) is 15.2. The fraction of sp³-hybridized carbons (Fsp3) is 0.444. The smallest absolute Gasteiger partial charge is 0.317 e. The highest BCUT2D eigenvalue weighted by Crippen LogP contribution is 2.26. The molecule has 1 aliphatic heterocycles. The second-order valence-electron chi connectivity index (χ2n) is 6.78. The Kier molecular flexibility index (Phi) is 4.83. The SMILES string of the molecule is O=C(Nc1nc(-c2cccnc2)cs1)C1CCCN(C(=O)NC2CC2)C1. The van der Waals surface area contributed by atoms with Gasteiger partial charge in [0.1, 0.15) is 0 Å². The Bertz CT molecular complexity index is 790. The topological polar surface area (TPSA) is 87.2 Å². The van der Waals surface area contributed by atoms with Crippen LogP contribution < -0.4 is 10.6 Å². The van der Waals surface area contributed by atoms with E-state index < -0.39 is 0 Å². The Hall–Kier alpha value is -2.48. The first-order chi connectivity index (χ1) is 12.7. The van der Waals surface area contributed by atoms with Gasteiger partial charge < -0.3 is 15.5 Å². The van der Waals surface area contributed by atoms with Crippen LogP contribution in [0.2, 0.25) is 0 Å². The van der Waals surface area contributed by atoms with Crippen LogP contribution in [0.4, 0.5) is 9.93 Å². The van der Waals surface area contributed by atoms with Crippen LogP contribution in [0.25, 0.3) is 11.3 Å². The van der Waals surface area contributed by atoms with Crippen LogP contribution in [0.5, 0.6) is 0 Å². The number of pyridine rings is 1. The molecule has 1 unspecified atom stereocenters. The van der Waals surface area contributed by atoms with Crippen LogP contribution in [-0.2, 0) is 4.79 Å². The van der Waals surface area contributed by atoms with Crippen molar-refractivity contribution >= 4 is 28.4 Å². The van der Waals surface area contributed by atoms with E-state index in [1.54, 1.807) is 17.3 Å². The molecule has 2 aromatic heterocycles. The van der Waals surface area contributed by atoms with Crippen molar-refractivity contribution in [2.45, 2.75) is 31.7 Å². The monoisotopic (exact) mass is 371 g/mol. The first kappa shape index (κ1) is 17.0. The highest BCUT2D eigenvalue weighted by atomic mass is 32.1. The third-order valence-electron chi connectivity index (χ3n) is 4.68. The highest BCUT2D eigenvalue weighted by molar-refractivity contribution is 7.14. The van der Waals surface area contributed by atoms with Gasteiger partial charge in [-0.15, -0.1) is 11.3 Å². The predicted octanol–water partition coefficient (Wildman–Crippen LogP) is 2.73. The number of hydrogen-bond donors (Lipinski definition) is 2. The van der Waals surface area contributed by atoms with Gasteiger partial charge in [-0.05, 0) is 37.8 Å². The second kappa shape index (κ2) is 7.41. The Morgan fingerprint density at radius 1 is 1.27 bits per heavy atom. The number of nitrogens with one attached hydrogen (secondary N) is 2. The van der Waals surface area contributed by atoms with Crippen LogP contribution >= 0.6 is 11.3 Å². The second-order valence-corrected chi connectivity index (χ2v) is 7.64. The Labute approximate surface area is 155 Å². The average molecular weight is 371 g/mol. The molecule has 4 rings (SSSR count). The third-order valence-corrected chi connectivity index (χ3v) is 5.43. The fourth-order valence-electron chi connectivity index (χ4n) is 3.05. The number of urea groups is 1. The van der Waals surface area contributed by atoms with Gasteiger partial charge in [0.15, 0.2) is 5.13 Å². The van der Waals surface area contributed by atoms with Crippen molar-refractivity contribution in [3.05, 3.63) is 29.9 Å². The number of hydrogen-bond acceptors (Lipinski definition) is 5. The number of anilines is 1. The Balaban J connectivity index is 1.35. The van der Waals surface area contributed by atoms with Gasteiger partial charge in [-0.2, -0.15) is 0 Å². The molecular weight excluding hydrogens is 350 g/mol. The molecule has 2 N–H and O–H groups in total. The van der Waals surface area contributed by atoms with Crippen LogP contribution in [0.15, 0.2) is 29.9 Å². The van der Waals surface area contributed by atoms with Crippen molar-refractivity contribution in [1.29, 1.82) is 0 Å². The average Bonchev–Trinajstić information content (AvgIpc) is 3.37. The van der Waals surface area contributed by atoms with E-state index in [4.69, 9.17) is 0 Å². The summed E-state index contributed by atoms with van der Waals surface area (Å²) in [4.78, 5) is 35.1. The summed E-state index contributed by atoms with van der Waals surface area (Å²) in [5, 5.41) is 8.38. The molecule has 8 heteroatoms. The molecule has 7 nitrogen and oxygen atoms in total. The molecule has 1 atom stereocenters. The van der Waals surface area contributed by atoms with Gasteiger partial charge in [0.2, 0.25) is 5.91 Å². The number of aromatic nitrogens is 2. The molecule has 0 radical (unpaired) electrons. The molecule has 2 fully saturated rings. The van der Waals surface area contributed by atoms with Crippen molar-refractivity contribution in [1.82, 2.24) is 20.2 Å². The highest BCUT2D eigenvalue weighted by Gasteiger charge is 2.31. The van der Waals surface area contributed by atoms with Gasteiger partial charge in [-0.1, -0.05) is 0 Å². The number of thiazole rings is 1. The first-order valence-electron chi connectivity index (χ1n) is 8.91. The molecule has 3 amide bonds. The molecule has 136 valence electrons. The summed E-state index contributed by atoms with van der Waals surface area (Å²) in [5.41, 5.74) is 1.72. The lowest BCUT2D eigenvalue weighted by atomic mass is 9.97. The van der Waals surface area contributed by atoms with Crippen molar-refractivity contribution in [3.8, 4) is 11.3 Å². The molecule has 0 aromatic carbocycles. The summed E-state index contributed by atoms with van der Waals surface area (Å²) in [6, 6.07) is 4.08. The number of likely N-dealkylation sites (tertiary alicyclic amines) is 1. The van der Waals surface area contributed by atoms with Crippen molar-refractivity contribution in [2.75, 3.05) is 18.4 Å². The lowest BCUT2D eigenvalue weighted by molar-refractivity contribution is -0.121. The molecular formula is C18H21N5O2S. The third kappa shape index (κ3) is 4.01. The van der Waals surface area contributed by atoms with Crippen LogP contribution in [0.1, 0.15) is 25.7 Å². The number of carbonyl (C=O) groups excluding carboxylic acids is 2. The lowest BCUT2D eigenvalue weighted by Gasteiger charge is -2.31. The van der Waals surface area contributed by atoms with Crippen LogP contribution in [0, 0.1) is 5.92 Å². The number of amides is 3. The van der Waals surface area contributed by atoms with E-state index in [9.17, 15) is 9.59 Å². The van der Waals surface area contributed by atoms with Crippen molar-refractivity contribution < 1.29 is 9.59 Å². The van der Waals surface area contributed by atoms with Crippen LogP contribution in [-0.4, -0.2) is 45.9 Å². The number of rotatable bonds is 4. The normalized spacial score (nSPS) is 19.8. The van der Waals surface area contributed by atoms with Crippen LogP contribution in [0.3, 0.4) is 0 Å². The minimum absolute atomic E-state index is 0.0434. The quantitative estimate of drug-likeness (QED) is 0.865. The summed E-state index contributed by atoms with van der Waals surface area (Å²) in [6.45, 7) is 1.18. The maximum atomic E-state index is 12.6. The molecule has 2 aliphatic rings. The van der Waals surface area contributed by atoms with Gasteiger partial charge in [0, 0.05) is 42.5 Å². The molecule has 0 bridgehead atoms.